The van der Waals surface area contributed by atoms with E-state index in [1.165, 1.54) is 39.5 Å². The standard InChI is InChI=1S/C23H24ClN3OS/c1-2-19-20-11-7-13-26(20)22-16(15-8-3-6-12-21(15)29-22)14-27(19)23(28)25-18-10-5-4-9-17(18)24/h4-5,7,9-11,13,19H,2-3,6,8,12,14H2,1H3,(H,25,28)/t19-/m1/s1. The van der Waals surface area contributed by atoms with Crippen molar-refractivity contribution < 1.29 is 4.79 Å². The smallest absolute Gasteiger partial charge is 0.312 e. The number of carbonyl (C=O) groups excluding carboxylic acids is 1. The second-order valence-corrected chi connectivity index (χ2v) is 9.25. The molecule has 1 aliphatic carbocycles. The summed E-state index contributed by atoms with van der Waals surface area (Å²) in [6.07, 6.45) is 7.78. The summed E-state index contributed by atoms with van der Waals surface area (Å²) in [7, 11) is 0. The summed E-state index contributed by atoms with van der Waals surface area (Å²) < 4.78 is 2.31. The molecule has 2 aromatic heterocycles. The Balaban J connectivity index is 1.58. The first-order valence-corrected chi connectivity index (χ1v) is 11.5. The van der Waals surface area contributed by atoms with Crippen LogP contribution in [0.3, 0.4) is 0 Å². The maximum Gasteiger partial charge on any atom is 0.322 e. The molecule has 0 saturated carbocycles. The van der Waals surface area contributed by atoms with Crippen molar-refractivity contribution in [1.82, 2.24) is 9.47 Å². The highest BCUT2D eigenvalue weighted by Crippen LogP contribution is 2.43. The zero-order chi connectivity index (χ0) is 20.0. The third-order valence-electron chi connectivity index (χ3n) is 6.07. The molecule has 150 valence electrons. The van der Waals surface area contributed by atoms with Gasteiger partial charge in [0.15, 0.2) is 0 Å². The fourth-order valence-corrected chi connectivity index (χ4v) is 6.24. The Kier molecular flexibility index (Phi) is 4.88. The summed E-state index contributed by atoms with van der Waals surface area (Å²) in [4.78, 5) is 16.9. The summed E-state index contributed by atoms with van der Waals surface area (Å²) >= 11 is 8.21. The number of hydrogen-bond acceptors (Lipinski definition) is 2. The number of halogens is 1. The summed E-state index contributed by atoms with van der Waals surface area (Å²) in [6, 6.07) is 11.6. The Morgan fingerprint density at radius 3 is 2.83 bits per heavy atom. The number of thiophene rings is 1. The van der Waals surface area contributed by atoms with Gasteiger partial charge in [-0.1, -0.05) is 30.7 Å². The molecule has 1 aromatic carbocycles. The molecule has 1 N–H and O–H groups in total. The van der Waals surface area contributed by atoms with Gasteiger partial charge in [0, 0.05) is 22.3 Å². The molecule has 1 aliphatic heterocycles. The van der Waals surface area contributed by atoms with Crippen LogP contribution in [-0.2, 0) is 19.4 Å². The SMILES string of the molecule is CC[C@@H]1c2cccn2-c2sc3c(c2CN1C(=O)Nc1ccccc1Cl)CCCC3. The number of rotatable bonds is 2. The normalized spacial score (nSPS) is 17.9. The Morgan fingerprint density at radius 1 is 1.17 bits per heavy atom. The molecular weight excluding hydrogens is 402 g/mol. The van der Waals surface area contributed by atoms with Gasteiger partial charge in [-0.3, -0.25) is 0 Å². The average molecular weight is 426 g/mol. The minimum Gasteiger partial charge on any atom is -0.312 e. The number of urea groups is 1. The van der Waals surface area contributed by atoms with E-state index in [2.05, 4.69) is 35.1 Å². The van der Waals surface area contributed by atoms with Crippen LogP contribution in [0.4, 0.5) is 10.5 Å². The molecule has 0 radical (unpaired) electrons. The van der Waals surface area contributed by atoms with E-state index in [0.717, 1.165) is 19.3 Å². The van der Waals surface area contributed by atoms with Crippen LogP contribution < -0.4 is 5.32 Å². The first-order chi connectivity index (χ1) is 14.2. The van der Waals surface area contributed by atoms with E-state index in [-0.39, 0.29) is 12.1 Å². The first kappa shape index (κ1) is 18.8. The molecule has 2 amide bonds. The molecular formula is C23H24ClN3OS. The van der Waals surface area contributed by atoms with Gasteiger partial charge < -0.3 is 14.8 Å². The number of aryl methyl sites for hydroxylation is 1. The van der Waals surface area contributed by atoms with Crippen LogP contribution in [0, 0.1) is 0 Å². The molecule has 0 bridgehead atoms. The van der Waals surface area contributed by atoms with E-state index >= 15 is 0 Å². The first-order valence-electron chi connectivity index (χ1n) is 10.3. The number of aromatic nitrogens is 1. The number of hydrogen-bond donors (Lipinski definition) is 1. The molecule has 0 saturated heterocycles. The highest BCUT2D eigenvalue weighted by molar-refractivity contribution is 7.15. The van der Waals surface area contributed by atoms with Crippen molar-refractivity contribution >= 4 is 34.7 Å². The second kappa shape index (κ2) is 7.54. The number of amides is 2. The molecule has 1 atom stereocenters. The van der Waals surface area contributed by atoms with Crippen molar-refractivity contribution in [2.75, 3.05) is 5.32 Å². The number of fused-ring (bicyclic) bond motifs is 5. The Bertz CT molecular complexity index is 1070. The Hall–Kier alpha value is -2.24. The van der Waals surface area contributed by atoms with Gasteiger partial charge in [0.25, 0.3) is 0 Å². The predicted molar refractivity (Wildman–Crippen MR) is 119 cm³/mol. The molecule has 29 heavy (non-hydrogen) atoms. The number of benzene rings is 1. The Morgan fingerprint density at radius 2 is 2.00 bits per heavy atom. The lowest BCUT2D eigenvalue weighted by Gasteiger charge is -2.30. The van der Waals surface area contributed by atoms with Crippen molar-refractivity contribution in [3.05, 3.63) is 69.3 Å². The van der Waals surface area contributed by atoms with Gasteiger partial charge in [-0.25, -0.2) is 4.79 Å². The van der Waals surface area contributed by atoms with Crippen LogP contribution in [0.15, 0.2) is 42.6 Å². The van der Waals surface area contributed by atoms with Crippen molar-refractivity contribution in [2.45, 2.75) is 51.6 Å². The average Bonchev–Trinajstić information content (AvgIpc) is 3.32. The van der Waals surface area contributed by atoms with Crippen molar-refractivity contribution in [3.63, 3.8) is 0 Å². The van der Waals surface area contributed by atoms with E-state index in [1.54, 1.807) is 6.07 Å². The maximum atomic E-state index is 13.4. The summed E-state index contributed by atoms with van der Waals surface area (Å²) in [6.45, 7) is 2.78. The minimum absolute atomic E-state index is 0.0197. The van der Waals surface area contributed by atoms with Gasteiger partial charge >= 0.3 is 6.03 Å². The molecule has 6 heteroatoms. The van der Waals surface area contributed by atoms with Crippen molar-refractivity contribution in [3.8, 4) is 5.00 Å². The maximum absolute atomic E-state index is 13.4. The van der Waals surface area contributed by atoms with Gasteiger partial charge in [0.1, 0.15) is 5.00 Å². The van der Waals surface area contributed by atoms with Crippen LogP contribution in [0.25, 0.3) is 5.00 Å². The molecule has 5 rings (SSSR count). The lowest BCUT2D eigenvalue weighted by Crippen LogP contribution is -2.37. The second-order valence-electron chi connectivity index (χ2n) is 7.76. The van der Waals surface area contributed by atoms with Gasteiger partial charge in [-0.2, -0.15) is 0 Å². The van der Waals surface area contributed by atoms with E-state index < -0.39 is 0 Å². The van der Waals surface area contributed by atoms with Crippen LogP contribution >= 0.6 is 22.9 Å². The number of nitrogens with one attached hydrogen (secondary N) is 1. The number of carbonyl (C=O) groups is 1. The predicted octanol–water partition coefficient (Wildman–Crippen LogP) is 6.57. The molecule has 4 nitrogen and oxygen atoms in total. The topological polar surface area (TPSA) is 37.3 Å². The summed E-state index contributed by atoms with van der Waals surface area (Å²) in [5.41, 5.74) is 4.64. The van der Waals surface area contributed by atoms with E-state index in [9.17, 15) is 4.79 Å². The fraction of sp³-hybridized carbons (Fsp3) is 0.348. The van der Waals surface area contributed by atoms with Gasteiger partial charge in [-0.15, -0.1) is 11.3 Å². The summed E-state index contributed by atoms with van der Waals surface area (Å²) in [5, 5.41) is 4.90. The monoisotopic (exact) mass is 425 g/mol. The van der Waals surface area contributed by atoms with Crippen LogP contribution in [0.5, 0.6) is 0 Å². The third kappa shape index (κ3) is 3.17. The van der Waals surface area contributed by atoms with Crippen LogP contribution in [0.2, 0.25) is 5.02 Å². The fourth-order valence-electron chi connectivity index (χ4n) is 4.66. The van der Waals surface area contributed by atoms with E-state index in [4.69, 9.17) is 11.6 Å². The quantitative estimate of drug-likeness (QED) is 0.495. The largest absolute Gasteiger partial charge is 0.322 e. The zero-order valence-corrected chi connectivity index (χ0v) is 18.0. The van der Waals surface area contributed by atoms with Crippen LogP contribution in [-0.4, -0.2) is 15.5 Å². The van der Waals surface area contributed by atoms with Gasteiger partial charge in [0.05, 0.1) is 23.3 Å². The number of nitrogens with zero attached hydrogens (tertiary/aromatic N) is 2. The highest BCUT2D eigenvalue weighted by Gasteiger charge is 2.34. The Labute approximate surface area is 180 Å². The lowest BCUT2D eigenvalue weighted by molar-refractivity contribution is 0.181. The van der Waals surface area contributed by atoms with Crippen LogP contribution in [0.1, 0.15) is 53.9 Å². The summed E-state index contributed by atoms with van der Waals surface area (Å²) in [5.74, 6) is 0. The molecule has 2 aliphatic rings. The van der Waals surface area contributed by atoms with Crippen molar-refractivity contribution in [2.24, 2.45) is 0 Å². The van der Waals surface area contributed by atoms with E-state index in [1.807, 2.05) is 34.4 Å². The van der Waals surface area contributed by atoms with Crippen molar-refractivity contribution in [1.29, 1.82) is 0 Å². The molecule has 0 unspecified atom stereocenters. The zero-order valence-electron chi connectivity index (χ0n) is 16.5. The molecule has 0 spiro atoms. The number of anilines is 1. The number of para-hydroxylation sites is 1. The lowest BCUT2D eigenvalue weighted by atomic mass is 9.95. The highest BCUT2D eigenvalue weighted by atomic mass is 35.5. The molecule has 3 aromatic rings. The van der Waals surface area contributed by atoms with Gasteiger partial charge in [-0.05, 0) is 61.9 Å². The minimum atomic E-state index is -0.0960. The molecule has 3 heterocycles. The van der Waals surface area contributed by atoms with Gasteiger partial charge in [0.2, 0.25) is 0 Å². The van der Waals surface area contributed by atoms with E-state index in [0.29, 0.717) is 17.3 Å². The molecule has 0 fully saturated rings. The third-order valence-corrected chi connectivity index (χ3v) is 7.73.